The van der Waals surface area contributed by atoms with E-state index in [1.165, 1.54) is 0 Å². The van der Waals surface area contributed by atoms with Crippen molar-refractivity contribution < 1.29 is 0 Å². The number of aliphatic imine (C=N–C) groups is 1. The molecule has 0 aliphatic heterocycles. The summed E-state index contributed by atoms with van der Waals surface area (Å²) < 4.78 is 1.97. The Hall–Kier alpha value is -2.08. The van der Waals surface area contributed by atoms with Crippen molar-refractivity contribution in [1.29, 1.82) is 0 Å². The molecule has 2 N–H and O–H groups in total. The van der Waals surface area contributed by atoms with Crippen LogP contribution in [0, 0.1) is 0 Å². The lowest BCUT2D eigenvalue weighted by molar-refractivity contribution is 0.677. The van der Waals surface area contributed by atoms with Gasteiger partial charge >= 0.3 is 0 Å². The van der Waals surface area contributed by atoms with Gasteiger partial charge in [0.1, 0.15) is 0 Å². The number of amidine groups is 1. The van der Waals surface area contributed by atoms with Crippen LogP contribution < -0.4 is 5.73 Å². The van der Waals surface area contributed by atoms with Crippen molar-refractivity contribution in [2.45, 2.75) is 6.04 Å². The molecule has 24 heavy (non-hydrogen) atoms. The highest BCUT2D eigenvalue weighted by Crippen LogP contribution is 2.34. The van der Waals surface area contributed by atoms with Gasteiger partial charge in [-0.3, -0.25) is 4.99 Å². The predicted octanol–water partition coefficient (Wildman–Crippen LogP) is 4.32. The second kappa shape index (κ2) is 7.21. The standard InChI is InChI=1S/C17H14Cl2N4S/c18-12-3-6-15(19)14(9-12)16(23-8-7-21-10-23)11-1-4-13(5-2-11)22-17(20)24/h1-10,16H,(H3,20,22,24)/p-1. The van der Waals surface area contributed by atoms with E-state index in [-0.39, 0.29) is 11.2 Å². The average Bonchev–Trinajstić information content (AvgIpc) is 3.06. The van der Waals surface area contributed by atoms with Gasteiger partial charge in [0.25, 0.3) is 0 Å². The van der Waals surface area contributed by atoms with E-state index in [1.54, 1.807) is 24.7 Å². The van der Waals surface area contributed by atoms with E-state index in [1.807, 2.05) is 41.1 Å². The van der Waals surface area contributed by atoms with Crippen molar-refractivity contribution in [2.75, 3.05) is 0 Å². The largest absolute Gasteiger partial charge is 0.743 e. The fourth-order valence-electron chi connectivity index (χ4n) is 2.52. The van der Waals surface area contributed by atoms with Crippen LogP contribution in [0.25, 0.3) is 0 Å². The molecule has 4 nitrogen and oxygen atoms in total. The second-order valence-corrected chi connectivity index (χ2v) is 6.38. The number of halogens is 2. The summed E-state index contributed by atoms with van der Waals surface area (Å²) in [7, 11) is 0. The minimum Gasteiger partial charge on any atom is -0.743 e. The molecule has 0 saturated carbocycles. The summed E-state index contributed by atoms with van der Waals surface area (Å²) >= 11 is 17.4. The third-order valence-corrected chi connectivity index (χ3v) is 4.19. The summed E-state index contributed by atoms with van der Waals surface area (Å²) in [6.45, 7) is 0. The summed E-state index contributed by atoms with van der Waals surface area (Å²) in [5.74, 6) is 0. The molecule has 2 aromatic carbocycles. The number of aromatic nitrogens is 2. The SMILES string of the molecule is NC([S-])=Nc1ccc(C(c2cc(Cl)ccc2Cl)n2ccnc2)cc1. The van der Waals surface area contributed by atoms with Crippen LogP contribution in [0.1, 0.15) is 17.2 Å². The highest BCUT2D eigenvalue weighted by Gasteiger charge is 2.19. The second-order valence-electron chi connectivity index (χ2n) is 5.12. The molecule has 122 valence electrons. The van der Waals surface area contributed by atoms with Gasteiger partial charge in [-0.1, -0.05) is 35.3 Å². The van der Waals surface area contributed by atoms with Crippen LogP contribution in [0.5, 0.6) is 0 Å². The maximum Gasteiger partial charge on any atom is 0.0954 e. The predicted molar refractivity (Wildman–Crippen MR) is 101 cm³/mol. The van der Waals surface area contributed by atoms with Gasteiger partial charge in [-0.15, -0.1) is 0 Å². The van der Waals surface area contributed by atoms with Gasteiger partial charge in [0, 0.05) is 22.4 Å². The van der Waals surface area contributed by atoms with Gasteiger partial charge in [-0.05, 0) is 46.6 Å². The van der Waals surface area contributed by atoms with Gasteiger partial charge in [-0.25, -0.2) is 4.98 Å². The molecule has 1 atom stereocenters. The number of nitrogens with zero attached hydrogens (tertiary/aromatic N) is 3. The van der Waals surface area contributed by atoms with Crippen LogP contribution in [-0.4, -0.2) is 14.7 Å². The Morgan fingerprint density at radius 1 is 1.17 bits per heavy atom. The maximum atomic E-state index is 6.41. The van der Waals surface area contributed by atoms with Crippen LogP contribution in [0.2, 0.25) is 10.0 Å². The Morgan fingerprint density at radius 2 is 1.92 bits per heavy atom. The fraction of sp³-hybridized carbons (Fsp3) is 0.0588. The molecule has 0 bridgehead atoms. The summed E-state index contributed by atoms with van der Waals surface area (Å²) in [4.78, 5) is 8.21. The van der Waals surface area contributed by atoms with Crippen molar-refractivity contribution in [2.24, 2.45) is 10.7 Å². The van der Waals surface area contributed by atoms with Gasteiger partial charge in [0.15, 0.2) is 0 Å². The molecule has 0 saturated heterocycles. The molecular weight excluding hydrogens is 363 g/mol. The molecule has 0 amide bonds. The molecule has 0 radical (unpaired) electrons. The third kappa shape index (κ3) is 3.70. The van der Waals surface area contributed by atoms with E-state index in [9.17, 15) is 0 Å². The van der Waals surface area contributed by atoms with E-state index in [0.717, 1.165) is 11.1 Å². The zero-order chi connectivity index (χ0) is 17.1. The molecule has 1 heterocycles. The zero-order valence-electron chi connectivity index (χ0n) is 12.4. The Morgan fingerprint density at radius 3 is 2.54 bits per heavy atom. The summed E-state index contributed by atoms with van der Waals surface area (Å²) in [6.07, 6.45) is 5.35. The van der Waals surface area contributed by atoms with E-state index in [2.05, 4.69) is 9.98 Å². The number of benzene rings is 2. The monoisotopic (exact) mass is 375 g/mol. The van der Waals surface area contributed by atoms with Gasteiger partial charge in [0.2, 0.25) is 0 Å². The summed E-state index contributed by atoms with van der Waals surface area (Å²) in [5.41, 5.74) is 8.05. The fourth-order valence-corrected chi connectivity index (χ4v) is 3.02. The quantitative estimate of drug-likeness (QED) is 0.419. The van der Waals surface area contributed by atoms with Gasteiger partial charge < -0.3 is 22.9 Å². The van der Waals surface area contributed by atoms with Crippen molar-refractivity contribution in [3.8, 4) is 0 Å². The van der Waals surface area contributed by atoms with Crippen molar-refractivity contribution >= 4 is 46.7 Å². The van der Waals surface area contributed by atoms with Crippen LogP contribution in [0.15, 0.2) is 66.2 Å². The minimum atomic E-state index is -0.155. The lowest BCUT2D eigenvalue weighted by atomic mass is 9.98. The summed E-state index contributed by atoms with van der Waals surface area (Å²) in [5, 5.41) is 1.36. The normalized spacial score (nSPS) is 13.0. The van der Waals surface area contributed by atoms with Gasteiger partial charge in [-0.2, -0.15) is 0 Å². The summed E-state index contributed by atoms with van der Waals surface area (Å²) in [6, 6.07) is 12.9. The number of imidazole rings is 1. The minimum absolute atomic E-state index is 0.104. The Bertz CT molecular complexity index is 857. The topological polar surface area (TPSA) is 56.2 Å². The first-order chi connectivity index (χ1) is 11.5. The first-order valence-corrected chi connectivity index (χ1v) is 8.24. The third-order valence-electron chi connectivity index (χ3n) is 3.52. The van der Waals surface area contributed by atoms with Crippen molar-refractivity contribution in [3.63, 3.8) is 0 Å². The zero-order valence-corrected chi connectivity index (χ0v) is 14.8. The smallest absolute Gasteiger partial charge is 0.0954 e. The van der Waals surface area contributed by atoms with Crippen LogP contribution in [0.4, 0.5) is 5.69 Å². The average molecular weight is 376 g/mol. The molecule has 1 unspecified atom stereocenters. The maximum absolute atomic E-state index is 6.41. The molecule has 1 aromatic heterocycles. The molecule has 0 aliphatic rings. The van der Waals surface area contributed by atoms with Crippen molar-refractivity contribution in [1.82, 2.24) is 9.55 Å². The Labute approximate surface area is 155 Å². The van der Waals surface area contributed by atoms with E-state index >= 15 is 0 Å². The van der Waals surface area contributed by atoms with E-state index < -0.39 is 0 Å². The van der Waals surface area contributed by atoms with Crippen LogP contribution >= 0.6 is 23.2 Å². The van der Waals surface area contributed by atoms with Crippen molar-refractivity contribution in [3.05, 3.63) is 82.4 Å². The number of hydrogen-bond donors (Lipinski definition) is 1. The first-order valence-electron chi connectivity index (χ1n) is 7.08. The highest BCUT2D eigenvalue weighted by atomic mass is 35.5. The number of rotatable bonds is 4. The molecular formula is C17H13Cl2N4S-. The lowest BCUT2D eigenvalue weighted by Crippen LogP contribution is -2.11. The van der Waals surface area contributed by atoms with Crippen LogP contribution in [0.3, 0.4) is 0 Å². The first kappa shape index (κ1) is 16.8. The van der Waals surface area contributed by atoms with E-state index in [4.69, 9.17) is 41.6 Å². The molecule has 3 aromatic rings. The van der Waals surface area contributed by atoms with E-state index in [0.29, 0.717) is 15.7 Å². The molecule has 7 heteroatoms. The lowest BCUT2D eigenvalue weighted by Gasteiger charge is -2.21. The molecule has 0 aliphatic carbocycles. The molecule has 3 rings (SSSR count). The molecule has 0 spiro atoms. The number of hydrogen-bond acceptors (Lipinski definition) is 3. The Balaban J connectivity index is 2.09. The number of nitrogens with two attached hydrogens (primary N) is 1. The van der Waals surface area contributed by atoms with Crippen LogP contribution in [-0.2, 0) is 12.6 Å². The molecule has 0 fully saturated rings. The van der Waals surface area contributed by atoms with Gasteiger partial charge in [0.05, 0.1) is 18.1 Å². The Kier molecular flexibility index (Phi) is 5.04. The highest BCUT2D eigenvalue weighted by molar-refractivity contribution is 7.77.